The molecule has 0 spiro atoms. The second-order valence-corrected chi connectivity index (χ2v) is 22.9. The van der Waals surface area contributed by atoms with Crippen LogP contribution in [0.3, 0.4) is 0 Å². The standard InChI is InChI=1S/C10H15.3C4H9.Sn/c1-10(2,3)9-7-5-4-6-8-9;3*1-3-4-2;/h4-7H,8H2,1-3H3;3*1,3-4H2,2H3;. The Balaban J connectivity index is 3.34. The molecule has 0 saturated carbocycles. The van der Waals surface area contributed by atoms with Crippen molar-refractivity contribution in [3.8, 4) is 0 Å². The summed E-state index contributed by atoms with van der Waals surface area (Å²) in [6.07, 6.45) is 19.7. The Morgan fingerprint density at radius 3 is 1.61 bits per heavy atom. The van der Waals surface area contributed by atoms with Crippen molar-refractivity contribution in [2.75, 3.05) is 0 Å². The van der Waals surface area contributed by atoms with E-state index in [1.165, 1.54) is 44.9 Å². The number of allylic oxidation sites excluding steroid dienone is 4. The van der Waals surface area contributed by atoms with Crippen LogP contribution in [-0.4, -0.2) is 18.4 Å². The third-order valence-electron chi connectivity index (χ3n) is 6.38. The molecule has 1 rings (SSSR count). The van der Waals surface area contributed by atoms with Gasteiger partial charge in [-0.3, -0.25) is 0 Å². The molecule has 0 bridgehead atoms. The van der Waals surface area contributed by atoms with E-state index in [0.717, 1.165) is 0 Å². The first-order valence-corrected chi connectivity index (χ1v) is 17.7. The zero-order valence-corrected chi connectivity index (χ0v) is 19.7. The summed E-state index contributed by atoms with van der Waals surface area (Å²) in [6.45, 7) is 14.8. The van der Waals surface area contributed by atoms with Crippen LogP contribution in [0.2, 0.25) is 16.7 Å². The summed E-state index contributed by atoms with van der Waals surface area (Å²) in [7, 11) is 0. The Morgan fingerprint density at radius 2 is 1.30 bits per heavy atom. The van der Waals surface area contributed by atoms with Crippen molar-refractivity contribution in [2.24, 2.45) is 5.41 Å². The van der Waals surface area contributed by atoms with Crippen LogP contribution in [0.1, 0.15) is 86.5 Å². The Hall–Kier alpha value is 0.279. The van der Waals surface area contributed by atoms with Gasteiger partial charge in [-0.1, -0.05) is 0 Å². The number of unbranched alkanes of at least 4 members (excludes halogenated alkanes) is 3. The van der Waals surface area contributed by atoms with Crippen molar-refractivity contribution < 1.29 is 0 Å². The number of hydrogen-bond acceptors (Lipinski definition) is 0. The minimum absolute atomic E-state index is 0.402. The van der Waals surface area contributed by atoms with E-state index in [0.29, 0.717) is 8.85 Å². The topological polar surface area (TPSA) is 0 Å². The Labute approximate surface area is 151 Å². The Bertz CT molecular complexity index is 363. The van der Waals surface area contributed by atoms with Crippen molar-refractivity contribution in [2.45, 2.75) is 103 Å². The summed E-state index contributed by atoms with van der Waals surface area (Å²) in [5.74, 6) is 0. The molecular formula is C22H42Sn. The van der Waals surface area contributed by atoms with E-state index in [2.05, 4.69) is 65.8 Å². The third-order valence-corrected chi connectivity index (χ3v) is 26.2. The molecule has 0 heterocycles. The molecule has 0 aromatic carbocycles. The van der Waals surface area contributed by atoms with E-state index in [1.54, 1.807) is 13.3 Å². The average molecular weight is 425 g/mol. The van der Waals surface area contributed by atoms with Gasteiger partial charge in [0.1, 0.15) is 0 Å². The van der Waals surface area contributed by atoms with E-state index in [1.807, 2.05) is 0 Å². The molecule has 0 fully saturated rings. The van der Waals surface area contributed by atoms with Crippen LogP contribution >= 0.6 is 0 Å². The molecule has 1 heteroatoms. The molecular weight excluding hydrogens is 383 g/mol. The molecule has 0 aromatic rings. The van der Waals surface area contributed by atoms with Crippen LogP contribution in [0.4, 0.5) is 0 Å². The summed E-state index contributed by atoms with van der Waals surface area (Å²) in [5.41, 5.74) is 0.402. The molecule has 0 N–H and O–H groups in total. The van der Waals surface area contributed by atoms with Gasteiger partial charge in [0.05, 0.1) is 0 Å². The van der Waals surface area contributed by atoms with Gasteiger partial charge in [-0.15, -0.1) is 0 Å². The zero-order chi connectivity index (χ0) is 17.4. The van der Waals surface area contributed by atoms with E-state index < -0.39 is 18.4 Å². The van der Waals surface area contributed by atoms with E-state index in [9.17, 15) is 0 Å². The first kappa shape index (κ1) is 21.3. The molecule has 1 aliphatic rings. The van der Waals surface area contributed by atoms with Crippen LogP contribution in [0.15, 0.2) is 24.3 Å². The zero-order valence-electron chi connectivity index (χ0n) is 16.9. The average Bonchev–Trinajstić information content (AvgIpc) is 2.54. The van der Waals surface area contributed by atoms with Gasteiger partial charge in [0.15, 0.2) is 0 Å². The molecule has 1 unspecified atom stereocenters. The van der Waals surface area contributed by atoms with E-state index >= 15 is 0 Å². The second-order valence-electron chi connectivity index (χ2n) is 8.80. The van der Waals surface area contributed by atoms with Gasteiger partial charge >= 0.3 is 151 Å². The normalized spacial score (nSPS) is 21.8. The van der Waals surface area contributed by atoms with E-state index in [-0.39, 0.29) is 0 Å². The maximum absolute atomic E-state index is 2.70. The molecule has 0 amide bonds. The summed E-state index contributed by atoms with van der Waals surface area (Å²) in [5, 5.41) is 0. The van der Waals surface area contributed by atoms with Crippen LogP contribution in [0.25, 0.3) is 0 Å². The van der Waals surface area contributed by atoms with Crippen LogP contribution in [0, 0.1) is 5.41 Å². The molecule has 0 saturated heterocycles. The fraction of sp³-hybridized carbons (Fsp3) is 0.818. The van der Waals surface area contributed by atoms with Gasteiger partial charge in [0, 0.05) is 0 Å². The van der Waals surface area contributed by atoms with Crippen LogP contribution < -0.4 is 0 Å². The minimum atomic E-state index is -2.33. The van der Waals surface area contributed by atoms with Crippen molar-refractivity contribution in [1.29, 1.82) is 0 Å². The van der Waals surface area contributed by atoms with Gasteiger partial charge in [-0.05, 0) is 0 Å². The molecule has 134 valence electrons. The predicted octanol–water partition coefficient (Wildman–Crippen LogP) is 8.14. The second kappa shape index (κ2) is 9.68. The van der Waals surface area contributed by atoms with Crippen molar-refractivity contribution in [1.82, 2.24) is 0 Å². The van der Waals surface area contributed by atoms with Crippen molar-refractivity contribution in [3.63, 3.8) is 0 Å². The number of rotatable bonds is 10. The molecule has 0 aliphatic heterocycles. The van der Waals surface area contributed by atoms with Gasteiger partial charge < -0.3 is 0 Å². The Kier molecular flexibility index (Phi) is 8.98. The quantitative estimate of drug-likeness (QED) is 0.310. The van der Waals surface area contributed by atoms with Crippen molar-refractivity contribution >= 4 is 18.4 Å². The molecule has 0 aromatic heterocycles. The van der Waals surface area contributed by atoms with E-state index in [4.69, 9.17) is 0 Å². The summed E-state index contributed by atoms with van der Waals surface area (Å²) in [4.78, 5) is 0. The first-order chi connectivity index (χ1) is 10.9. The van der Waals surface area contributed by atoms with Gasteiger partial charge in [0.2, 0.25) is 0 Å². The summed E-state index contributed by atoms with van der Waals surface area (Å²) >= 11 is -2.33. The molecule has 23 heavy (non-hydrogen) atoms. The fourth-order valence-corrected chi connectivity index (χ4v) is 27.1. The summed E-state index contributed by atoms with van der Waals surface area (Å²) in [6, 6.07) is 0. The number of hydrogen-bond donors (Lipinski definition) is 0. The summed E-state index contributed by atoms with van der Waals surface area (Å²) < 4.78 is 5.36. The van der Waals surface area contributed by atoms with Gasteiger partial charge in [0.25, 0.3) is 0 Å². The SMILES string of the molecule is CCC[CH2][Sn]([CH2]CCC)([CH2]CCC)[C]1(C(C)(C)C)C=CC=CC1. The predicted molar refractivity (Wildman–Crippen MR) is 110 cm³/mol. The fourth-order valence-electron chi connectivity index (χ4n) is 4.95. The Morgan fingerprint density at radius 1 is 0.826 bits per heavy atom. The van der Waals surface area contributed by atoms with Crippen molar-refractivity contribution in [3.05, 3.63) is 24.3 Å². The molecule has 1 atom stereocenters. The maximum atomic E-state index is 2.70. The molecule has 1 aliphatic carbocycles. The van der Waals surface area contributed by atoms with Gasteiger partial charge in [-0.2, -0.15) is 0 Å². The molecule has 0 nitrogen and oxygen atoms in total. The van der Waals surface area contributed by atoms with Gasteiger partial charge in [-0.25, -0.2) is 0 Å². The third kappa shape index (κ3) is 4.89. The molecule has 0 radical (unpaired) electrons. The first-order valence-electron chi connectivity index (χ1n) is 10.2. The van der Waals surface area contributed by atoms with Crippen LogP contribution in [0.5, 0.6) is 0 Å². The van der Waals surface area contributed by atoms with Crippen LogP contribution in [-0.2, 0) is 0 Å². The monoisotopic (exact) mass is 426 g/mol.